The Bertz CT molecular complexity index is 2140. The van der Waals surface area contributed by atoms with E-state index in [1.807, 2.05) is 74.5 Å². The van der Waals surface area contributed by atoms with Gasteiger partial charge in [0.15, 0.2) is 0 Å². The molecule has 4 aromatic rings. The summed E-state index contributed by atoms with van der Waals surface area (Å²) in [6.45, 7) is 7.44. The quantitative estimate of drug-likeness (QED) is 0.172. The Morgan fingerprint density at radius 1 is 0.800 bits per heavy atom. The maximum Gasteiger partial charge on any atom is 0.246 e. The Hall–Kier alpha value is -5.27. The van der Waals surface area contributed by atoms with Gasteiger partial charge in [0.25, 0.3) is 0 Å². The van der Waals surface area contributed by atoms with Crippen LogP contribution in [0.15, 0.2) is 109 Å². The molecule has 2 heterocycles. The SMILES string of the molecule is C=Cc1ccc(N2C(=O)C3CC=C4C(CC5C(=O)N(c6cccc(Cl)c6)C(=O)C5(c5ccccc5)C4c4cc(C)c(O)c(C)c4)C3C2=O)cc1. The third-order valence-electron chi connectivity index (χ3n) is 11.4. The Morgan fingerprint density at radius 3 is 2.16 bits per heavy atom. The first-order chi connectivity index (χ1) is 24.1. The molecule has 8 heteroatoms. The number of hydrogen-bond donors (Lipinski definition) is 1. The molecule has 0 spiro atoms. The molecule has 3 fully saturated rings. The fourth-order valence-corrected chi connectivity index (χ4v) is 9.47. The largest absolute Gasteiger partial charge is 0.507 e. The van der Waals surface area contributed by atoms with Gasteiger partial charge in [-0.05, 0) is 90.8 Å². The van der Waals surface area contributed by atoms with E-state index in [0.717, 1.165) is 16.7 Å². The number of rotatable bonds is 5. The van der Waals surface area contributed by atoms with Gasteiger partial charge in [0.05, 0.1) is 34.5 Å². The third-order valence-corrected chi connectivity index (χ3v) is 11.6. The molecule has 2 saturated heterocycles. The predicted octanol–water partition coefficient (Wildman–Crippen LogP) is 7.67. The first-order valence-electron chi connectivity index (χ1n) is 16.9. The molecular weight excluding hydrogens is 648 g/mol. The first kappa shape index (κ1) is 32.0. The van der Waals surface area contributed by atoms with Crippen LogP contribution in [0.25, 0.3) is 6.08 Å². The number of anilines is 2. The zero-order valence-corrected chi connectivity index (χ0v) is 28.4. The van der Waals surface area contributed by atoms with E-state index in [0.29, 0.717) is 39.5 Å². The second-order valence-corrected chi connectivity index (χ2v) is 14.3. The van der Waals surface area contributed by atoms with E-state index in [9.17, 15) is 19.5 Å². The van der Waals surface area contributed by atoms with Crippen LogP contribution in [0.4, 0.5) is 11.4 Å². The van der Waals surface area contributed by atoms with Crippen molar-refractivity contribution in [2.24, 2.45) is 23.7 Å². The average molecular weight is 683 g/mol. The fraction of sp³-hybridized carbons (Fsp3) is 0.238. The van der Waals surface area contributed by atoms with Crippen molar-refractivity contribution in [2.75, 3.05) is 9.80 Å². The number of carbonyl (C=O) groups excluding carboxylic acids is 4. The van der Waals surface area contributed by atoms with Crippen molar-refractivity contribution in [3.8, 4) is 5.75 Å². The van der Waals surface area contributed by atoms with Gasteiger partial charge in [-0.1, -0.05) is 96.6 Å². The molecule has 0 aromatic heterocycles. The van der Waals surface area contributed by atoms with E-state index in [4.69, 9.17) is 11.6 Å². The van der Waals surface area contributed by atoms with Gasteiger partial charge in [-0.3, -0.25) is 24.1 Å². The van der Waals surface area contributed by atoms with Crippen LogP contribution in [0.3, 0.4) is 0 Å². The van der Waals surface area contributed by atoms with Gasteiger partial charge >= 0.3 is 0 Å². The molecule has 2 aliphatic carbocycles. The highest BCUT2D eigenvalue weighted by Gasteiger charge is 2.70. The number of amides is 4. The van der Waals surface area contributed by atoms with Gasteiger partial charge in [0.1, 0.15) is 5.75 Å². The summed E-state index contributed by atoms with van der Waals surface area (Å²) < 4.78 is 0. The number of nitrogens with zero attached hydrogens (tertiary/aromatic N) is 2. The number of aromatic hydroxyl groups is 1. The number of phenols is 1. The van der Waals surface area contributed by atoms with Gasteiger partial charge in [0.2, 0.25) is 23.6 Å². The van der Waals surface area contributed by atoms with Crippen LogP contribution in [0, 0.1) is 37.5 Å². The van der Waals surface area contributed by atoms with Crippen LogP contribution >= 0.6 is 11.6 Å². The second kappa shape index (κ2) is 11.7. The molecule has 1 N–H and O–H groups in total. The van der Waals surface area contributed by atoms with Crippen molar-refractivity contribution >= 4 is 52.7 Å². The van der Waals surface area contributed by atoms with Crippen molar-refractivity contribution in [2.45, 2.75) is 38.0 Å². The summed E-state index contributed by atoms with van der Waals surface area (Å²) in [6.07, 6.45) is 4.28. The zero-order chi connectivity index (χ0) is 35.1. The van der Waals surface area contributed by atoms with Crippen molar-refractivity contribution < 1.29 is 24.3 Å². The summed E-state index contributed by atoms with van der Waals surface area (Å²) in [4.78, 5) is 61.4. The molecule has 8 rings (SSSR count). The van der Waals surface area contributed by atoms with Crippen LogP contribution in [-0.2, 0) is 24.6 Å². The topological polar surface area (TPSA) is 95.0 Å². The van der Waals surface area contributed by atoms with Crippen molar-refractivity contribution in [3.05, 3.63) is 142 Å². The number of aryl methyl sites for hydroxylation is 2. The molecule has 0 bridgehead atoms. The lowest BCUT2D eigenvalue weighted by Gasteiger charge is -2.51. The molecular formula is C42H35ClN2O5. The van der Waals surface area contributed by atoms with Crippen LogP contribution in [0.5, 0.6) is 5.75 Å². The predicted molar refractivity (Wildman–Crippen MR) is 193 cm³/mol. The van der Waals surface area contributed by atoms with Gasteiger partial charge in [-0.2, -0.15) is 0 Å². The van der Waals surface area contributed by atoms with Crippen LogP contribution in [0.2, 0.25) is 5.02 Å². The number of carbonyl (C=O) groups is 4. The van der Waals surface area contributed by atoms with Crippen LogP contribution in [0.1, 0.15) is 46.6 Å². The highest BCUT2D eigenvalue weighted by atomic mass is 35.5. The van der Waals surface area contributed by atoms with E-state index < -0.39 is 35.0 Å². The lowest BCUT2D eigenvalue weighted by Crippen LogP contribution is -2.53. The van der Waals surface area contributed by atoms with Crippen LogP contribution in [-0.4, -0.2) is 28.7 Å². The molecule has 6 unspecified atom stereocenters. The highest BCUT2D eigenvalue weighted by molar-refractivity contribution is 6.32. The summed E-state index contributed by atoms with van der Waals surface area (Å²) in [5.74, 6) is -4.45. The van der Waals surface area contributed by atoms with Gasteiger partial charge in [0, 0.05) is 10.9 Å². The van der Waals surface area contributed by atoms with Crippen molar-refractivity contribution in [1.82, 2.24) is 0 Å². The Balaban J connectivity index is 1.35. The number of fused-ring (bicyclic) bond motifs is 4. The lowest BCUT2D eigenvalue weighted by atomic mass is 9.49. The number of halogens is 1. The summed E-state index contributed by atoms with van der Waals surface area (Å²) >= 11 is 6.41. The molecule has 2 aliphatic heterocycles. The number of imide groups is 2. The van der Waals surface area contributed by atoms with Crippen molar-refractivity contribution in [3.63, 3.8) is 0 Å². The Kier molecular flexibility index (Phi) is 7.46. The molecule has 4 aromatic carbocycles. The van der Waals surface area contributed by atoms with E-state index in [-0.39, 0.29) is 35.8 Å². The molecule has 7 nitrogen and oxygen atoms in total. The zero-order valence-electron chi connectivity index (χ0n) is 27.7. The average Bonchev–Trinajstić information content (AvgIpc) is 3.51. The summed E-state index contributed by atoms with van der Waals surface area (Å²) in [6, 6.07) is 27.1. The molecule has 0 radical (unpaired) electrons. The molecule has 50 heavy (non-hydrogen) atoms. The number of hydrogen-bond acceptors (Lipinski definition) is 5. The third kappa shape index (κ3) is 4.42. The molecule has 250 valence electrons. The maximum absolute atomic E-state index is 15.4. The second-order valence-electron chi connectivity index (χ2n) is 13.9. The number of benzene rings is 4. The molecule has 1 saturated carbocycles. The minimum absolute atomic E-state index is 0.160. The van der Waals surface area contributed by atoms with E-state index in [1.165, 1.54) is 9.80 Å². The minimum Gasteiger partial charge on any atom is -0.507 e. The van der Waals surface area contributed by atoms with E-state index in [2.05, 4.69) is 6.58 Å². The van der Waals surface area contributed by atoms with Crippen molar-refractivity contribution in [1.29, 1.82) is 0 Å². The van der Waals surface area contributed by atoms with Crippen LogP contribution < -0.4 is 9.80 Å². The monoisotopic (exact) mass is 682 g/mol. The van der Waals surface area contributed by atoms with E-state index >= 15 is 4.79 Å². The highest BCUT2D eigenvalue weighted by Crippen LogP contribution is 2.64. The van der Waals surface area contributed by atoms with E-state index in [1.54, 1.807) is 42.5 Å². The normalized spacial score (nSPS) is 27.2. The summed E-state index contributed by atoms with van der Waals surface area (Å²) in [7, 11) is 0. The minimum atomic E-state index is -1.38. The first-order valence-corrected chi connectivity index (χ1v) is 17.3. The smallest absolute Gasteiger partial charge is 0.246 e. The van der Waals surface area contributed by atoms with Gasteiger partial charge in [-0.25, -0.2) is 4.90 Å². The fourth-order valence-electron chi connectivity index (χ4n) is 9.29. The Labute approximate surface area is 295 Å². The standard InChI is InChI=1S/C42H35ClN2O5/c1-4-25-13-15-29(16-14-25)44-38(47)32-18-17-31-33(35(32)40(44)49)22-34-39(48)45(30-12-8-11-28(43)21-30)41(50)42(34,27-9-6-5-7-10-27)36(31)26-19-23(2)37(46)24(3)20-26/h4-17,19-21,32-36,46H,1,18,22H2,2-3H3. The number of phenolic OH excluding ortho intramolecular Hbond substituents is 1. The lowest BCUT2D eigenvalue weighted by molar-refractivity contribution is -0.127. The maximum atomic E-state index is 15.4. The molecule has 4 aliphatic rings. The Morgan fingerprint density at radius 2 is 1.50 bits per heavy atom. The van der Waals surface area contributed by atoms with Gasteiger partial charge < -0.3 is 5.11 Å². The summed E-state index contributed by atoms with van der Waals surface area (Å²) in [5.41, 5.74) is 3.98. The number of allylic oxidation sites excluding steroid dienone is 2. The molecule has 6 atom stereocenters. The summed E-state index contributed by atoms with van der Waals surface area (Å²) in [5, 5.41) is 11.2. The van der Waals surface area contributed by atoms with Gasteiger partial charge in [-0.15, -0.1) is 0 Å². The molecule has 4 amide bonds.